The number of likely N-dealkylation sites (N-methyl/N-ethyl adjacent to an activating group) is 1. The second-order valence-electron chi connectivity index (χ2n) is 14.2. The first-order valence-electron chi connectivity index (χ1n) is 21.3. The van der Waals surface area contributed by atoms with Crippen LogP contribution in [0.5, 0.6) is 0 Å². The fourth-order valence-electron chi connectivity index (χ4n) is 5.78. The van der Waals surface area contributed by atoms with Crippen molar-refractivity contribution in [3.8, 4) is 0 Å². The molecule has 2 unspecified atom stereocenters. The van der Waals surface area contributed by atoms with E-state index in [1.165, 1.54) is 96.3 Å². The van der Waals surface area contributed by atoms with Gasteiger partial charge in [0.25, 0.3) is 0 Å². The number of hydrogen-bond donors (Lipinski definition) is 2. The van der Waals surface area contributed by atoms with Gasteiger partial charge in [-0.1, -0.05) is 141 Å². The minimum absolute atomic E-state index is 0.0180. The Balaban J connectivity index is 4.24. The van der Waals surface area contributed by atoms with Crippen LogP contribution in [0.4, 0.5) is 0 Å². The van der Waals surface area contributed by atoms with E-state index in [1.807, 2.05) is 0 Å². The Morgan fingerprint density at radius 3 is 1.44 bits per heavy atom. The third-order valence-corrected chi connectivity index (χ3v) is 10.0. The van der Waals surface area contributed by atoms with E-state index < -0.39 is 26.5 Å². The predicted molar refractivity (Wildman–Crippen MR) is 215 cm³/mol. The molecule has 0 heterocycles. The van der Waals surface area contributed by atoms with Crippen molar-refractivity contribution in [2.24, 2.45) is 0 Å². The quantitative estimate of drug-likeness (QED) is 0.0272. The Kier molecular flexibility index (Phi) is 38.1. The lowest BCUT2D eigenvalue weighted by atomic mass is 10.1. The van der Waals surface area contributed by atoms with Gasteiger partial charge in [-0.2, -0.15) is 0 Å². The van der Waals surface area contributed by atoms with Gasteiger partial charge in [-0.25, -0.2) is 4.57 Å². The van der Waals surface area contributed by atoms with Crippen LogP contribution in [-0.2, 0) is 32.7 Å². The molecule has 0 aliphatic carbocycles. The van der Waals surface area contributed by atoms with Gasteiger partial charge < -0.3 is 19.7 Å². The minimum atomic E-state index is -4.35. The molecule has 0 aliphatic rings. The van der Waals surface area contributed by atoms with Gasteiger partial charge in [0.05, 0.1) is 13.2 Å². The molecule has 0 aromatic rings. The lowest BCUT2D eigenvalue weighted by Crippen LogP contribution is -2.29. The molecule has 0 rings (SSSR count). The van der Waals surface area contributed by atoms with E-state index in [-0.39, 0.29) is 32.0 Å². The first-order valence-corrected chi connectivity index (χ1v) is 22.8. The fourth-order valence-corrected chi connectivity index (χ4v) is 6.53. The highest BCUT2D eigenvalue weighted by atomic mass is 31.2. The largest absolute Gasteiger partial charge is 0.472 e. The molecule has 2 N–H and O–H groups in total. The van der Waals surface area contributed by atoms with Crippen LogP contribution >= 0.6 is 7.82 Å². The van der Waals surface area contributed by atoms with Gasteiger partial charge in [0.1, 0.15) is 6.61 Å². The van der Waals surface area contributed by atoms with Crippen LogP contribution in [0.15, 0.2) is 24.3 Å². The molecule has 2 atom stereocenters. The summed E-state index contributed by atoms with van der Waals surface area (Å²) in [5.74, 6) is -0.818. The van der Waals surface area contributed by atoms with E-state index >= 15 is 0 Å². The van der Waals surface area contributed by atoms with E-state index in [0.717, 1.165) is 64.2 Å². The number of rotatable bonds is 40. The third-order valence-electron chi connectivity index (χ3n) is 9.04. The lowest BCUT2D eigenvalue weighted by molar-refractivity contribution is -0.161. The molecule has 0 bridgehead atoms. The number of phosphoric ester groups is 1. The van der Waals surface area contributed by atoms with Gasteiger partial charge >= 0.3 is 19.8 Å². The number of carbonyl (C=O) groups is 2. The maximum absolute atomic E-state index is 12.6. The summed E-state index contributed by atoms with van der Waals surface area (Å²) in [5.41, 5.74) is 0. The Morgan fingerprint density at radius 1 is 0.577 bits per heavy atom. The number of ether oxygens (including phenoxy) is 2. The standard InChI is InChI=1S/C42H80NO8P/c1-4-6-8-10-12-14-16-18-19-20-21-23-25-27-29-31-33-35-42(45)51-40(39-50-52(46,47)49-37-36-43-3)38-48-41(44)34-32-30-28-26-24-22-17-15-13-11-9-7-5-2/h15,17-19,40,43H,4-14,16,20-39H2,1-3H3,(H,46,47)/b17-15-,19-18-. The van der Waals surface area contributed by atoms with E-state index in [0.29, 0.717) is 13.0 Å². The summed E-state index contributed by atoms with van der Waals surface area (Å²) >= 11 is 0. The molecular formula is C42H80NO8P. The summed E-state index contributed by atoms with van der Waals surface area (Å²) < 4.78 is 33.1. The van der Waals surface area contributed by atoms with E-state index in [1.54, 1.807) is 7.05 Å². The van der Waals surface area contributed by atoms with Gasteiger partial charge in [0.2, 0.25) is 0 Å². The van der Waals surface area contributed by atoms with Crippen LogP contribution in [0.2, 0.25) is 0 Å². The summed E-state index contributed by atoms with van der Waals surface area (Å²) in [6.45, 7) is 4.20. The van der Waals surface area contributed by atoms with Gasteiger partial charge in [0.15, 0.2) is 6.10 Å². The molecule has 306 valence electrons. The molecule has 0 aliphatic heterocycles. The van der Waals surface area contributed by atoms with Crippen molar-refractivity contribution in [3.05, 3.63) is 24.3 Å². The zero-order valence-electron chi connectivity index (χ0n) is 33.8. The van der Waals surface area contributed by atoms with Crippen molar-refractivity contribution in [1.82, 2.24) is 5.32 Å². The predicted octanol–water partition coefficient (Wildman–Crippen LogP) is 11.9. The molecule has 0 saturated carbocycles. The lowest BCUT2D eigenvalue weighted by Gasteiger charge is -2.20. The van der Waals surface area contributed by atoms with Crippen LogP contribution in [0.25, 0.3) is 0 Å². The van der Waals surface area contributed by atoms with Crippen LogP contribution in [0.3, 0.4) is 0 Å². The number of esters is 2. The van der Waals surface area contributed by atoms with Gasteiger partial charge in [-0.05, 0) is 71.3 Å². The summed E-state index contributed by atoms with van der Waals surface area (Å²) in [7, 11) is -2.65. The number of allylic oxidation sites excluding steroid dienone is 4. The monoisotopic (exact) mass is 758 g/mol. The molecule has 52 heavy (non-hydrogen) atoms. The van der Waals surface area contributed by atoms with Crippen molar-refractivity contribution in [3.63, 3.8) is 0 Å². The Hall–Kier alpha value is -1.51. The van der Waals surface area contributed by atoms with Crippen LogP contribution in [0.1, 0.15) is 194 Å². The topological polar surface area (TPSA) is 120 Å². The van der Waals surface area contributed by atoms with Crippen molar-refractivity contribution in [2.45, 2.75) is 200 Å². The number of nitrogens with one attached hydrogen (secondary N) is 1. The van der Waals surface area contributed by atoms with Crippen LogP contribution in [-0.4, -0.2) is 56.3 Å². The maximum atomic E-state index is 12.6. The highest BCUT2D eigenvalue weighted by Crippen LogP contribution is 2.43. The third kappa shape index (κ3) is 38.2. The second kappa shape index (κ2) is 39.2. The SMILES string of the molecule is CCCCCC/C=C\CCCCCCCC(=O)OCC(COP(=O)(O)OCCNC)OC(=O)CCCCCCCCC/C=C\CCCCCCCC. The highest BCUT2D eigenvalue weighted by molar-refractivity contribution is 7.47. The highest BCUT2D eigenvalue weighted by Gasteiger charge is 2.26. The molecule has 0 spiro atoms. The molecule has 9 nitrogen and oxygen atoms in total. The van der Waals surface area contributed by atoms with Crippen molar-refractivity contribution in [1.29, 1.82) is 0 Å². The minimum Gasteiger partial charge on any atom is -0.462 e. The summed E-state index contributed by atoms with van der Waals surface area (Å²) in [5, 5.41) is 2.82. The van der Waals surface area contributed by atoms with E-state index in [9.17, 15) is 19.0 Å². The smallest absolute Gasteiger partial charge is 0.462 e. The molecular weight excluding hydrogens is 677 g/mol. The number of unbranched alkanes of at least 4 members (excludes halogenated alkanes) is 22. The number of hydrogen-bond acceptors (Lipinski definition) is 8. The zero-order valence-corrected chi connectivity index (χ0v) is 34.7. The Morgan fingerprint density at radius 2 is 0.981 bits per heavy atom. The van der Waals surface area contributed by atoms with E-state index in [4.69, 9.17) is 18.5 Å². The maximum Gasteiger partial charge on any atom is 0.472 e. The zero-order chi connectivity index (χ0) is 38.2. The molecule has 0 aromatic carbocycles. The van der Waals surface area contributed by atoms with Crippen LogP contribution < -0.4 is 5.32 Å². The average Bonchev–Trinajstić information content (AvgIpc) is 3.12. The van der Waals surface area contributed by atoms with Crippen LogP contribution in [0, 0.1) is 0 Å². The van der Waals surface area contributed by atoms with Gasteiger partial charge in [0, 0.05) is 19.4 Å². The van der Waals surface area contributed by atoms with Crippen molar-refractivity contribution >= 4 is 19.8 Å². The molecule has 0 radical (unpaired) electrons. The molecule has 0 aromatic heterocycles. The van der Waals surface area contributed by atoms with Crippen molar-refractivity contribution in [2.75, 3.05) is 33.4 Å². The second-order valence-corrected chi connectivity index (χ2v) is 15.6. The fraction of sp³-hybridized carbons (Fsp3) is 0.857. The summed E-state index contributed by atoms with van der Waals surface area (Å²) in [4.78, 5) is 35.0. The molecule has 0 amide bonds. The van der Waals surface area contributed by atoms with Gasteiger partial charge in [-0.3, -0.25) is 18.6 Å². The Labute approximate surface area is 319 Å². The molecule has 0 fully saturated rings. The normalized spacial score (nSPS) is 13.5. The summed E-state index contributed by atoms with van der Waals surface area (Å²) in [6.07, 6.45) is 39.3. The van der Waals surface area contributed by atoms with E-state index in [2.05, 4.69) is 43.5 Å². The van der Waals surface area contributed by atoms with Crippen molar-refractivity contribution < 1.29 is 37.6 Å². The first-order chi connectivity index (χ1) is 25.3. The number of carbonyl (C=O) groups excluding carboxylic acids is 2. The first kappa shape index (κ1) is 50.5. The molecule has 0 saturated heterocycles. The Bertz CT molecular complexity index is 912. The average molecular weight is 758 g/mol. The van der Waals surface area contributed by atoms with Gasteiger partial charge in [-0.15, -0.1) is 0 Å². The summed E-state index contributed by atoms with van der Waals surface area (Å²) in [6, 6.07) is 0. The molecule has 10 heteroatoms. The number of phosphoric acid groups is 1.